The molecule has 0 radical (unpaired) electrons. The van der Waals surface area contributed by atoms with Gasteiger partial charge >= 0.3 is 0 Å². The zero-order chi connectivity index (χ0) is 22.5. The summed E-state index contributed by atoms with van der Waals surface area (Å²) in [6.45, 7) is 6.01. The number of anilines is 1. The normalized spacial score (nSPS) is 16.3. The number of aryl methyl sites for hydroxylation is 1. The number of hydrogen-bond donors (Lipinski definition) is 1. The SMILES string of the molecule is CCc1ccc(N2C(=O)/C(=C/c3cccc(OC)c3O[C@H](C)CC)C(=O)NC2=S)cc1. The van der Waals surface area contributed by atoms with Gasteiger partial charge in [0.05, 0.1) is 18.9 Å². The number of amides is 2. The first-order valence-electron chi connectivity index (χ1n) is 10.2. The molecular formula is C24H26N2O4S. The Morgan fingerprint density at radius 3 is 2.45 bits per heavy atom. The van der Waals surface area contributed by atoms with Gasteiger partial charge in [0.2, 0.25) is 0 Å². The van der Waals surface area contributed by atoms with Crippen LogP contribution in [0.3, 0.4) is 0 Å². The highest BCUT2D eigenvalue weighted by atomic mass is 32.1. The minimum atomic E-state index is -0.547. The average Bonchev–Trinajstić information content (AvgIpc) is 2.77. The minimum absolute atomic E-state index is 0.0320. The fourth-order valence-corrected chi connectivity index (χ4v) is 3.43. The van der Waals surface area contributed by atoms with E-state index in [9.17, 15) is 9.59 Å². The van der Waals surface area contributed by atoms with Gasteiger partial charge in [-0.15, -0.1) is 0 Å². The van der Waals surface area contributed by atoms with Gasteiger partial charge in [-0.05, 0) is 61.8 Å². The highest BCUT2D eigenvalue weighted by Gasteiger charge is 2.34. The number of benzene rings is 2. The van der Waals surface area contributed by atoms with E-state index in [0.29, 0.717) is 22.7 Å². The van der Waals surface area contributed by atoms with Crippen LogP contribution in [0, 0.1) is 0 Å². The lowest BCUT2D eigenvalue weighted by Gasteiger charge is -2.29. The standard InChI is InChI=1S/C24H26N2O4S/c1-5-15(3)30-21-17(8-7-9-20(21)29-4)14-19-22(27)25-24(31)26(23(19)28)18-12-10-16(6-2)11-13-18/h7-15H,5-6H2,1-4H3,(H,25,27,31)/b19-14+/t15-/m1/s1. The number of hydrogen-bond acceptors (Lipinski definition) is 5. The fraction of sp³-hybridized carbons (Fsp3) is 0.292. The number of methoxy groups -OCH3 is 1. The summed E-state index contributed by atoms with van der Waals surface area (Å²) in [7, 11) is 1.55. The van der Waals surface area contributed by atoms with Crippen LogP contribution in [0.5, 0.6) is 11.5 Å². The third-order valence-corrected chi connectivity index (χ3v) is 5.41. The molecule has 1 heterocycles. The predicted molar refractivity (Wildman–Crippen MR) is 125 cm³/mol. The first-order valence-corrected chi connectivity index (χ1v) is 10.6. The summed E-state index contributed by atoms with van der Waals surface area (Å²) in [6, 6.07) is 12.9. The molecule has 162 valence electrons. The summed E-state index contributed by atoms with van der Waals surface area (Å²) in [5.74, 6) is -0.0238. The maximum atomic E-state index is 13.3. The molecule has 1 atom stereocenters. The second-order valence-electron chi connectivity index (χ2n) is 7.19. The lowest BCUT2D eigenvalue weighted by molar-refractivity contribution is -0.122. The molecule has 3 rings (SSSR count). The highest BCUT2D eigenvalue weighted by molar-refractivity contribution is 7.80. The van der Waals surface area contributed by atoms with Gasteiger partial charge in [0.25, 0.3) is 11.8 Å². The van der Waals surface area contributed by atoms with Gasteiger partial charge in [0.1, 0.15) is 5.57 Å². The number of nitrogens with zero attached hydrogens (tertiary/aromatic N) is 1. The molecule has 2 aromatic carbocycles. The van der Waals surface area contributed by atoms with Crippen molar-refractivity contribution < 1.29 is 19.1 Å². The van der Waals surface area contributed by atoms with Crippen molar-refractivity contribution in [2.24, 2.45) is 0 Å². The second-order valence-corrected chi connectivity index (χ2v) is 7.58. The molecule has 1 fully saturated rings. The van der Waals surface area contributed by atoms with Crippen LogP contribution in [0.2, 0.25) is 0 Å². The topological polar surface area (TPSA) is 67.9 Å². The Morgan fingerprint density at radius 2 is 1.84 bits per heavy atom. The van der Waals surface area contributed by atoms with Crippen LogP contribution in [0.1, 0.15) is 38.3 Å². The molecular weight excluding hydrogens is 412 g/mol. The number of nitrogens with one attached hydrogen (secondary N) is 1. The van der Waals surface area contributed by atoms with Crippen molar-refractivity contribution >= 4 is 40.9 Å². The molecule has 1 N–H and O–H groups in total. The van der Waals surface area contributed by atoms with E-state index in [1.54, 1.807) is 25.3 Å². The molecule has 1 saturated heterocycles. The van der Waals surface area contributed by atoms with Gasteiger partial charge in [-0.1, -0.05) is 38.1 Å². The number of carbonyl (C=O) groups excluding carboxylic acids is 2. The number of rotatable bonds is 7. The number of thiocarbonyl (C=S) groups is 1. The predicted octanol–water partition coefficient (Wildman–Crippen LogP) is 4.27. The van der Waals surface area contributed by atoms with E-state index in [-0.39, 0.29) is 16.8 Å². The van der Waals surface area contributed by atoms with E-state index < -0.39 is 11.8 Å². The number of ether oxygens (including phenoxy) is 2. The average molecular weight is 439 g/mol. The van der Waals surface area contributed by atoms with Gasteiger partial charge in [-0.2, -0.15) is 0 Å². The van der Waals surface area contributed by atoms with E-state index in [1.165, 1.54) is 11.0 Å². The van der Waals surface area contributed by atoms with Crippen molar-refractivity contribution in [1.82, 2.24) is 5.32 Å². The van der Waals surface area contributed by atoms with Crippen LogP contribution in [0.25, 0.3) is 6.08 Å². The molecule has 2 aromatic rings. The smallest absolute Gasteiger partial charge is 0.270 e. The Balaban J connectivity index is 2.04. The van der Waals surface area contributed by atoms with Crippen molar-refractivity contribution in [3.63, 3.8) is 0 Å². The van der Waals surface area contributed by atoms with Gasteiger partial charge < -0.3 is 9.47 Å². The lowest BCUT2D eigenvalue weighted by Crippen LogP contribution is -2.54. The molecule has 1 aliphatic heterocycles. The maximum Gasteiger partial charge on any atom is 0.270 e. The Bertz CT molecular complexity index is 1030. The molecule has 2 amide bonds. The first kappa shape index (κ1) is 22.5. The van der Waals surface area contributed by atoms with E-state index >= 15 is 0 Å². The Kier molecular flexibility index (Phi) is 7.07. The van der Waals surface area contributed by atoms with Crippen LogP contribution in [0.15, 0.2) is 48.0 Å². The van der Waals surface area contributed by atoms with Crippen molar-refractivity contribution in [2.75, 3.05) is 12.0 Å². The third-order valence-electron chi connectivity index (χ3n) is 5.13. The molecule has 0 aliphatic carbocycles. The molecule has 6 nitrogen and oxygen atoms in total. The van der Waals surface area contributed by atoms with Crippen molar-refractivity contribution in [3.05, 3.63) is 59.2 Å². The van der Waals surface area contributed by atoms with Crippen LogP contribution in [-0.4, -0.2) is 30.1 Å². The number of para-hydroxylation sites is 1. The molecule has 7 heteroatoms. The number of carbonyl (C=O) groups is 2. The van der Waals surface area contributed by atoms with Crippen LogP contribution in [-0.2, 0) is 16.0 Å². The Hall–Kier alpha value is -3.19. The van der Waals surface area contributed by atoms with Crippen LogP contribution in [0.4, 0.5) is 5.69 Å². The van der Waals surface area contributed by atoms with Crippen LogP contribution >= 0.6 is 12.2 Å². The summed E-state index contributed by atoms with van der Waals surface area (Å²) < 4.78 is 11.5. The van der Waals surface area contributed by atoms with Crippen molar-refractivity contribution in [2.45, 2.75) is 39.7 Å². The fourth-order valence-electron chi connectivity index (χ4n) is 3.15. The highest BCUT2D eigenvalue weighted by Crippen LogP contribution is 2.34. The van der Waals surface area contributed by atoms with Gasteiger partial charge in [0.15, 0.2) is 16.6 Å². The van der Waals surface area contributed by atoms with Crippen LogP contribution < -0.4 is 19.7 Å². The molecule has 0 aromatic heterocycles. The summed E-state index contributed by atoms with van der Waals surface area (Å²) >= 11 is 5.28. The summed E-state index contributed by atoms with van der Waals surface area (Å²) in [6.07, 6.45) is 3.14. The van der Waals surface area contributed by atoms with Gasteiger partial charge in [-0.3, -0.25) is 19.8 Å². The third kappa shape index (κ3) is 4.77. The first-order chi connectivity index (χ1) is 14.9. The molecule has 31 heavy (non-hydrogen) atoms. The van der Waals surface area contributed by atoms with E-state index in [0.717, 1.165) is 18.4 Å². The lowest BCUT2D eigenvalue weighted by atomic mass is 10.0. The van der Waals surface area contributed by atoms with E-state index in [1.807, 2.05) is 38.1 Å². The largest absolute Gasteiger partial charge is 0.493 e. The van der Waals surface area contributed by atoms with Gasteiger partial charge in [0, 0.05) is 5.56 Å². The summed E-state index contributed by atoms with van der Waals surface area (Å²) in [5.41, 5.74) is 2.28. The second kappa shape index (κ2) is 9.75. The van der Waals surface area contributed by atoms with Crippen molar-refractivity contribution in [3.8, 4) is 11.5 Å². The Labute approximate surface area is 187 Å². The minimum Gasteiger partial charge on any atom is -0.493 e. The van der Waals surface area contributed by atoms with E-state index in [2.05, 4.69) is 12.2 Å². The summed E-state index contributed by atoms with van der Waals surface area (Å²) in [4.78, 5) is 27.3. The quantitative estimate of drug-likeness (QED) is 0.397. The maximum absolute atomic E-state index is 13.3. The molecule has 0 spiro atoms. The van der Waals surface area contributed by atoms with E-state index in [4.69, 9.17) is 21.7 Å². The summed E-state index contributed by atoms with van der Waals surface area (Å²) in [5, 5.41) is 2.67. The molecule has 1 aliphatic rings. The zero-order valence-corrected chi connectivity index (χ0v) is 18.9. The monoisotopic (exact) mass is 438 g/mol. The van der Waals surface area contributed by atoms with Gasteiger partial charge in [-0.25, -0.2) is 0 Å². The Morgan fingerprint density at radius 1 is 1.13 bits per heavy atom. The molecule has 0 unspecified atom stereocenters. The zero-order valence-electron chi connectivity index (χ0n) is 18.1. The van der Waals surface area contributed by atoms with Crippen molar-refractivity contribution in [1.29, 1.82) is 0 Å². The molecule has 0 bridgehead atoms. The molecule has 0 saturated carbocycles.